The summed E-state index contributed by atoms with van der Waals surface area (Å²) in [5, 5.41) is 10.1. The first kappa shape index (κ1) is 14.2. The third-order valence-corrected chi connectivity index (χ3v) is 5.07. The number of carbonyl (C=O) groups is 1. The van der Waals surface area contributed by atoms with Crippen molar-refractivity contribution >= 4 is 6.03 Å². The van der Waals surface area contributed by atoms with Crippen LogP contribution < -0.4 is 10.6 Å². The number of amides is 2. The van der Waals surface area contributed by atoms with Gasteiger partial charge in [0.2, 0.25) is 11.7 Å². The molecule has 2 aliphatic rings. The van der Waals surface area contributed by atoms with Crippen LogP contribution in [0.4, 0.5) is 4.79 Å². The Morgan fingerprint density at radius 2 is 2.00 bits per heavy atom. The summed E-state index contributed by atoms with van der Waals surface area (Å²) in [5.41, 5.74) is 3.55. The predicted octanol–water partition coefficient (Wildman–Crippen LogP) is 2.67. The van der Waals surface area contributed by atoms with Crippen molar-refractivity contribution in [1.29, 1.82) is 0 Å². The van der Waals surface area contributed by atoms with Gasteiger partial charge in [-0.3, -0.25) is 0 Å². The normalized spacial score (nSPS) is 26.5. The van der Waals surface area contributed by atoms with Crippen molar-refractivity contribution in [3.8, 4) is 11.4 Å². The van der Waals surface area contributed by atoms with Crippen LogP contribution in [0.3, 0.4) is 0 Å². The second-order valence-corrected chi connectivity index (χ2v) is 6.50. The lowest BCUT2D eigenvalue weighted by Gasteiger charge is -2.31. The fourth-order valence-electron chi connectivity index (χ4n) is 3.91. The van der Waals surface area contributed by atoms with E-state index in [1.165, 1.54) is 11.1 Å². The zero-order valence-corrected chi connectivity index (χ0v) is 13.3. The maximum Gasteiger partial charge on any atom is 0.315 e. The van der Waals surface area contributed by atoms with Gasteiger partial charge in [0.25, 0.3) is 0 Å². The molecule has 1 aliphatic carbocycles. The van der Waals surface area contributed by atoms with Gasteiger partial charge in [-0.1, -0.05) is 23.4 Å². The van der Waals surface area contributed by atoms with E-state index in [4.69, 9.17) is 4.52 Å². The number of aromatic nitrogens is 2. The molecule has 0 radical (unpaired) electrons. The largest absolute Gasteiger partial charge is 0.339 e. The van der Waals surface area contributed by atoms with Gasteiger partial charge in [-0.15, -0.1) is 0 Å². The van der Waals surface area contributed by atoms with E-state index < -0.39 is 0 Å². The van der Waals surface area contributed by atoms with E-state index in [-0.39, 0.29) is 18.1 Å². The van der Waals surface area contributed by atoms with Gasteiger partial charge in [0.15, 0.2) is 0 Å². The first-order valence-corrected chi connectivity index (χ1v) is 8.09. The number of aryl methyl sites for hydroxylation is 1. The molecule has 1 aromatic heterocycles. The number of benzene rings is 1. The van der Waals surface area contributed by atoms with E-state index in [0.717, 1.165) is 24.8 Å². The van der Waals surface area contributed by atoms with E-state index in [1.54, 1.807) is 6.92 Å². The molecular formula is C17H20N4O2. The number of fused-ring (bicyclic) bond motifs is 1. The van der Waals surface area contributed by atoms with Crippen LogP contribution in [0, 0.1) is 13.8 Å². The minimum absolute atomic E-state index is 0.0339. The second kappa shape index (κ2) is 5.37. The standard InChI is InChI=1S/C17H20N4O2/c1-9-12(4-3-5-13(9)16-18-10(2)23-21-16)11-6-7-14-15(8-11)20-17(22)19-14/h3-5,11,14-15H,6-8H2,1-2H3,(H2,19,20,22). The maximum atomic E-state index is 11.5. The van der Waals surface area contributed by atoms with Gasteiger partial charge in [-0.2, -0.15) is 4.98 Å². The van der Waals surface area contributed by atoms with Crippen molar-refractivity contribution in [3.63, 3.8) is 0 Å². The Balaban J connectivity index is 1.63. The van der Waals surface area contributed by atoms with Crippen LogP contribution in [0.1, 0.15) is 42.2 Å². The Bertz CT molecular complexity index is 755. The first-order valence-electron chi connectivity index (χ1n) is 8.09. The van der Waals surface area contributed by atoms with Crippen LogP contribution in [-0.4, -0.2) is 28.3 Å². The van der Waals surface area contributed by atoms with Crippen LogP contribution in [0.2, 0.25) is 0 Å². The molecule has 23 heavy (non-hydrogen) atoms. The zero-order valence-electron chi connectivity index (χ0n) is 13.3. The molecule has 1 aliphatic heterocycles. The molecule has 6 nitrogen and oxygen atoms in total. The van der Waals surface area contributed by atoms with Gasteiger partial charge in [0.05, 0.1) is 12.1 Å². The third-order valence-electron chi connectivity index (χ3n) is 5.07. The number of hydrogen-bond acceptors (Lipinski definition) is 4. The van der Waals surface area contributed by atoms with Gasteiger partial charge < -0.3 is 15.2 Å². The summed E-state index contributed by atoms with van der Waals surface area (Å²) in [6, 6.07) is 6.75. The second-order valence-electron chi connectivity index (χ2n) is 6.50. The monoisotopic (exact) mass is 312 g/mol. The number of carbonyl (C=O) groups excluding carboxylic acids is 1. The lowest BCUT2D eigenvalue weighted by Crippen LogP contribution is -2.39. The highest BCUT2D eigenvalue weighted by Crippen LogP contribution is 2.38. The number of rotatable bonds is 2. The van der Waals surface area contributed by atoms with Crippen LogP contribution in [0.25, 0.3) is 11.4 Å². The summed E-state index contributed by atoms with van der Waals surface area (Å²) in [7, 11) is 0. The Morgan fingerprint density at radius 3 is 2.78 bits per heavy atom. The maximum absolute atomic E-state index is 11.5. The van der Waals surface area contributed by atoms with Crippen LogP contribution in [-0.2, 0) is 0 Å². The molecule has 2 N–H and O–H groups in total. The molecule has 0 bridgehead atoms. The molecule has 2 amide bonds. The molecule has 2 fully saturated rings. The van der Waals surface area contributed by atoms with Gasteiger partial charge in [0.1, 0.15) is 0 Å². The van der Waals surface area contributed by atoms with Crippen molar-refractivity contribution in [2.24, 2.45) is 0 Å². The van der Waals surface area contributed by atoms with Crippen molar-refractivity contribution in [2.45, 2.75) is 51.1 Å². The van der Waals surface area contributed by atoms with Gasteiger partial charge in [-0.05, 0) is 43.2 Å². The van der Waals surface area contributed by atoms with Crippen LogP contribution in [0.5, 0.6) is 0 Å². The minimum Gasteiger partial charge on any atom is -0.339 e. The van der Waals surface area contributed by atoms with Gasteiger partial charge in [-0.25, -0.2) is 4.79 Å². The van der Waals surface area contributed by atoms with Crippen molar-refractivity contribution in [3.05, 3.63) is 35.2 Å². The molecule has 4 rings (SSSR count). The molecule has 1 saturated heterocycles. The molecule has 3 atom stereocenters. The highest BCUT2D eigenvalue weighted by atomic mass is 16.5. The minimum atomic E-state index is -0.0339. The number of urea groups is 1. The smallest absolute Gasteiger partial charge is 0.315 e. The summed E-state index contributed by atoms with van der Waals surface area (Å²) in [6.07, 6.45) is 3.07. The average molecular weight is 312 g/mol. The van der Waals surface area contributed by atoms with Crippen LogP contribution >= 0.6 is 0 Å². The van der Waals surface area contributed by atoms with E-state index >= 15 is 0 Å². The first-order chi connectivity index (χ1) is 11.1. The molecule has 120 valence electrons. The highest BCUT2D eigenvalue weighted by Gasteiger charge is 2.37. The third kappa shape index (κ3) is 2.48. The molecule has 2 heterocycles. The van der Waals surface area contributed by atoms with E-state index in [2.05, 4.69) is 39.8 Å². The Hall–Kier alpha value is -2.37. The summed E-state index contributed by atoms with van der Waals surface area (Å²) in [5.74, 6) is 1.67. The SMILES string of the molecule is Cc1nc(-c2cccc(C3CCC4NC(=O)NC4C3)c2C)no1. The summed E-state index contributed by atoms with van der Waals surface area (Å²) < 4.78 is 5.11. The number of nitrogens with one attached hydrogen (secondary N) is 2. The molecule has 1 saturated carbocycles. The van der Waals surface area contributed by atoms with E-state index in [1.807, 2.05) is 6.07 Å². The fraction of sp³-hybridized carbons (Fsp3) is 0.471. The Kier molecular flexibility index (Phi) is 3.32. The van der Waals surface area contributed by atoms with Crippen LogP contribution in [0.15, 0.2) is 22.7 Å². The van der Waals surface area contributed by atoms with Gasteiger partial charge in [0, 0.05) is 12.5 Å². The van der Waals surface area contributed by atoms with Crippen molar-refractivity contribution < 1.29 is 9.32 Å². The quantitative estimate of drug-likeness (QED) is 0.893. The highest BCUT2D eigenvalue weighted by molar-refractivity contribution is 5.77. The van der Waals surface area contributed by atoms with Crippen molar-refractivity contribution in [1.82, 2.24) is 20.8 Å². The molecule has 0 spiro atoms. The molecule has 2 aromatic rings. The topological polar surface area (TPSA) is 80.0 Å². The Labute approximate surface area is 134 Å². The summed E-state index contributed by atoms with van der Waals surface area (Å²) in [6.45, 7) is 3.92. The molecule has 3 unspecified atom stereocenters. The predicted molar refractivity (Wildman–Crippen MR) is 85.0 cm³/mol. The molecule has 1 aromatic carbocycles. The van der Waals surface area contributed by atoms with E-state index in [9.17, 15) is 4.79 Å². The van der Waals surface area contributed by atoms with E-state index in [0.29, 0.717) is 17.6 Å². The molecular weight excluding hydrogens is 292 g/mol. The lowest BCUT2D eigenvalue weighted by atomic mass is 9.77. The van der Waals surface area contributed by atoms with Gasteiger partial charge >= 0.3 is 6.03 Å². The average Bonchev–Trinajstić information content (AvgIpc) is 3.11. The Morgan fingerprint density at radius 1 is 1.17 bits per heavy atom. The summed E-state index contributed by atoms with van der Waals surface area (Å²) >= 11 is 0. The zero-order chi connectivity index (χ0) is 16.0. The number of nitrogens with zero attached hydrogens (tertiary/aromatic N) is 2. The lowest BCUT2D eigenvalue weighted by molar-refractivity contribution is 0.247. The molecule has 6 heteroatoms. The summed E-state index contributed by atoms with van der Waals surface area (Å²) in [4.78, 5) is 15.9. The number of hydrogen-bond donors (Lipinski definition) is 2. The van der Waals surface area contributed by atoms with Crippen molar-refractivity contribution in [2.75, 3.05) is 0 Å². The fourth-order valence-corrected chi connectivity index (χ4v) is 3.91.